The molecular formula is C18H31N3O. The number of aliphatic hydroxyl groups excluding tert-OH is 1. The lowest BCUT2D eigenvalue weighted by Crippen LogP contribution is -2.40. The molecule has 0 aliphatic carbocycles. The molecule has 0 aliphatic rings. The highest BCUT2D eigenvalue weighted by Crippen LogP contribution is 2.25. The molecule has 0 saturated carbocycles. The van der Waals surface area contributed by atoms with Gasteiger partial charge in [0.1, 0.15) is 0 Å². The SMILES string of the molecule is CCNC(=NCC(CC)(CC)CO)N(C)Cc1ccccc1. The summed E-state index contributed by atoms with van der Waals surface area (Å²) in [7, 11) is 2.05. The second-order valence-corrected chi connectivity index (χ2v) is 5.88. The number of benzene rings is 1. The van der Waals surface area contributed by atoms with Crippen molar-refractivity contribution in [2.24, 2.45) is 10.4 Å². The molecule has 0 unspecified atom stereocenters. The molecule has 4 nitrogen and oxygen atoms in total. The number of rotatable bonds is 8. The van der Waals surface area contributed by atoms with E-state index in [1.165, 1.54) is 5.56 Å². The third-order valence-corrected chi connectivity index (χ3v) is 4.36. The summed E-state index contributed by atoms with van der Waals surface area (Å²) >= 11 is 0. The van der Waals surface area contributed by atoms with Crippen LogP contribution in [0.15, 0.2) is 35.3 Å². The monoisotopic (exact) mass is 305 g/mol. The molecule has 0 saturated heterocycles. The highest BCUT2D eigenvalue weighted by atomic mass is 16.3. The Morgan fingerprint density at radius 1 is 1.18 bits per heavy atom. The summed E-state index contributed by atoms with van der Waals surface area (Å²) in [6.07, 6.45) is 1.87. The Morgan fingerprint density at radius 2 is 1.82 bits per heavy atom. The van der Waals surface area contributed by atoms with Crippen LogP contribution in [0.4, 0.5) is 0 Å². The average molecular weight is 305 g/mol. The Hall–Kier alpha value is -1.55. The molecule has 4 heteroatoms. The molecule has 1 aromatic rings. The summed E-state index contributed by atoms with van der Waals surface area (Å²) in [5, 5.41) is 13.0. The van der Waals surface area contributed by atoms with Gasteiger partial charge in [-0.25, -0.2) is 0 Å². The van der Waals surface area contributed by atoms with Gasteiger partial charge in [-0.15, -0.1) is 0 Å². The number of nitrogens with zero attached hydrogens (tertiary/aromatic N) is 2. The number of aliphatic imine (C=N–C) groups is 1. The van der Waals surface area contributed by atoms with Crippen molar-refractivity contribution < 1.29 is 5.11 Å². The lowest BCUT2D eigenvalue weighted by molar-refractivity contribution is 0.123. The van der Waals surface area contributed by atoms with E-state index in [9.17, 15) is 5.11 Å². The molecule has 2 N–H and O–H groups in total. The van der Waals surface area contributed by atoms with Gasteiger partial charge in [0.25, 0.3) is 0 Å². The van der Waals surface area contributed by atoms with Crippen LogP contribution in [-0.2, 0) is 6.54 Å². The topological polar surface area (TPSA) is 47.9 Å². The van der Waals surface area contributed by atoms with E-state index in [-0.39, 0.29) is 12.0 Å². The summed E-state index contributed by atoms with van der Waals surface area (Å²) in [6, 6.07) is 10.4. The van der Waals surface area contributed by atoms with Gasteiger partial charge in [-0.05, 0) is 25.3 Å². The molecular weight excluding hydrogens is 274 g/mol. The minimum atomic E-state index is -0.103. The van der Waals surface area contributed by atoms with Gasteiger partial charge in [0.15, 0.2) is 5.96 Å². The van der Waals surface area contributed by atoms with Crippen molar-refractivity contribution in [1.29, 1.82) is 0 Å². The Labute approximate surface area is 135 Å². The van der Waals surface area contributed by atoms with Crippen molar-refractivity contribution in [1.82, 2.24) is 10.2 Å². The average Bonchev–Trinajstić information content (AvgIpc) is 2.56. The van der Waals surface area contributed by atoms with Crippen LogP contribution in [0.5, 0.6) is 0 Å². The second kappa shape index (κ2) is 9.46. The first-order valence-corrected chi connectivity index (χ1v) is 8.25. The first kappa shape index (κ1) is 18.5. The predicted octanol–water partition coefficient (Wildman–Crippen LogP) is 2.88. The highest BCUT2D eigenvalue weighted by Gasteiger charge is 2.25. The molecule has 0 aromatic heterocycles. The predicted molar refractivity (Wildman–Crippen MR) is 94.0 cm³/mol. The van der Waals surface area contributed by atoms with Gasteiger partial charge >= 0.3 is 0 Å². The quantitative estimate of drug-likeness (QED) is 0.573. The molecule has 0 heterocycles. The standard InChI is InChI=1S/C18H31N3O/c1-5-18(6-2,15-22)14-20-17(19-7-3)21(4)13-16-11-9-8-10-12-16/h8-12,22H,5-7,13-15H2,1-4H3,(H,19,20). The molecule has 1 rings (SSSR count). The van der Waals surface area contributed by atoms with Crippen LogP contribution < -0.4 is 5.32 Å². The third kappa shape index (κ3) is 5.34. The number of hydrogen-bond donors (Lipinski definition) is 2. The maximum atomic E-state index is 9.69. The summed E-state index contributed by atoms with van der Waals surface area (Å²) < 4.78 is 0. The molecule has 0 bridgehead atoms. The maximum absolute atomic E-state index is 9.69. The van der Waals surface area contributed by atoms with E-state index in [4.69, 9.17) is 4.99 Å². The second-order valence-electron chi connectivity index (χ2n) is 5.88. The van der Waals surface area contributed by atoms with Crippen LogP contribution in [0, 0.1) is 5.41 Å². The van der Waals surface area contributed by atoms with Gasteiger partial charge in [0.05, 0.1) is 13.2 Å². The number of aliphatic hydroxyl groups is 1. The molecule has 0 amide bonds. The van der Waals surface area contributed by atoms with Gasteiger partial charge in [0, 0.05) is 25.6 Å². The van der Waals surface area contributed by atoms with Gasteiger partial charge in [-0.1, -0.05) is 44.2 Å². The maximum Gasteiger partial charge on any atom is 0.193 e. The summed E-state index contributed by atoms with van der Waals surface area (Å²) in [5.74, 6) is 0.895. The van der Waals surface area contributed by atoms with Crippen LogP contribution in [0.25, 0.3) is 0 Å². The summed E-state index contributed by atoms with van der Waals surface area (Å²) in [4.78, 5) is 6.90. The summed E-state index contributed by atoms with van der Waals surface area (Å²) in [5.41, 5.74) is 1.16. The van der Waals surface area contributed by atoms with E-state index in [1.807, 2.05) is 13.1 Å². The number of hydrogen-bond acceptors (Lipinski definition) is 2. The van der Waals surface area contributed by atoms with Gasteiger partial charge in [-0.3, -0.25) is 4.99 Å². The van der Waals surface area contributed by atoms with Crippen LogP contribution in [0.2, 0.25) is 0 Å². The van der Waals surface area contributed by atoms with E-state index >= 15 is 0 Å². The number of nitrogens with one attached hydrogen (secondary N) is 1. The molecule has 0 radical (unpaired) electrons. The van der Waals surface area contributed by atoms with E-state index < -0.39 is 0 Å². The largest absolute Gasteiger partial charge is 0.396 e. The van der Waals surface area contributed by atoms with E-state index in [1.54, 1.807) is 0 Å². The molecule has 124 valence electrons. The van der Waals surface area contributed by atoms with Crippen molar-refractivity contribution in [3.8, 4) is 0 Å². The fourth-order valence-corrected chi connectivity index (χ4v) is 2.39. The fourth-order valence-electron chi connectivity index (χ4n) is 2.39. The fraction of sp³-hybridized carbons (Fsp3) is 0.611. The normalized spacial score (nSPS) is 12.3. The Balaban J connectivity index is 2.80. The van der Waals surface area contributed by atoms with Crippen molar-refractivity contribution >= 4 is 5.96 Å². The first-order valence-electron chi connectivity index (χ1n) is 8.25. The van der Waals surface area contributed by atoms with E-state index in [0.717, 1.165) is 31.9 Å². The van der Waals surface area contributed by atoms with Crippen LogP contribution >= 0.6 is 0 Å². The minimum absolute atomic E-state index is 0.103. The van der Waals surface area contributed by atoms with E-state index in [0.29, 0.717) is 6.54 Å². The molecule has 0 spiro atoms. The third-order valence-electron chi connectivity index (χ3n) is 4.36. The Morgan fingerprint density at radius 3 is 2.32 bits per heavy atom. The van der Waals surface area contributed by atoms with Crippen LogP contribution in [-0.4, -0.2) is 42.7 Å². The van der Waals surface area contributed by atoms with Crippen molar-refractivity contribution in [2.45, 2.75) is 40.2 Å². The Bertz CT molecular complexity index is 433. The van der Waals surface area contributed by atoms with Gasteiger partial charge < -0.3 is 15.3 Å². The molecule has 0 aliphatic heterocycles. The smallest absolute Gasteiger partial charge is 0.193 e. The number of guanidine groups is 1. The molecule has 0 fully saturated rings. The zero-order chi connectivity index (χ0) is 16.4. The van der Waals surface area contributed by atoms with Gasteiger partial charge in [-0.2, -0.15) is 0 Å². The molecule has 1 aromatic carbocycles. The van der Waals surface area contributed by atoms with Gasteiger partial charge in [0.2, 0.25) is 0 Å². The lowest BCUT2D eigenvalue weighted by Gasteiger charge is -2.29. The Kier molecular flexibility index (Phi) is 7.96. The van der Waals surface area contributed by atoms with Crippen LogP contribution in [0.3, 0.4) is 0 Å². The van der Waals surface area contributed by atoms with Crippen molar-refractivity contribution in [3.63, 3.8) is 0 Å². The van der Waals surface area contributed by atoms with Crippen LogP contribution in [0.1, 0.15) is 39.2 Å². The minimum Gasteiger partial charge on any atom is -0.396 e. The first-order chi connectivity index (χ1) is 10.6. The highest BCUT2D eigenvalue weighted by molar-refractivity contribution is 5.79. The van der Waals surface area contributed by atoms with Crippen molar-refractivity contribution in [3.05, 3.63) is 35.9 Å². The zero-order valence-corrected chi connectivity index (χ0v) is 14.5. The van der Waals surface area contributed by atoms with E-state index in [2.05, 4.69) is 55.3 Å². The lowest BCUT2D eigenvalue weighted by atomic mass is 9.83. The molecule has 22 heavy (non-hydrogen) atoms. The molecule has 0 atom stereocenters. The zero-order valence-electron chi connectivity index (χ0n) is 14.5. The summed E-state index contributed by atoms with van der Waals surface area (Å²) in [6.45, 7) is 8.80. The van der Waals surface area contributed by atoms with Crippen molar-refractivity contribution in [2.75, 3.05) is 26.7 Å².